The highest BCUT2D eigenvalue weighted by atomic mass is 16.5. The van der Waals surface area contributed by atoms with Crippen molar-refractivity contribution in [2.45, 2.75) is 19.4 Å². The summed E-state index contributed by atoms with van der Waals surface area (Å²) in [5, 5.41) is 0. The zero-order valence-corrected chi connectivity index (χ0v) is 10.7. The highest BCUT2D eigenvalue weighted by Crippen LogP contribution is 2.13. The molecule has 0 aliphatic carbocycles. The number of nitrogens with zero attached hydrogens (tertiary/aromatic N) is 2. The summed E-state index contributed by atoms with van der Waals surface area (Å²) in [6.45, 7) is 1.48. The second-order valence-electron chi connectivity index (χ2n) is 4.17. The van der Waals surface area contributed by atoms with Gasteiger partial charge in [0.05, 0.1) is 7.11 Å². The SMILES string of the molecule is COc1ccc(CCc2nccn2CCN)cc1. The van der Waals surface area contributed by atoms with Crippen LogP contribution in [0.2, 0.25) is 0 Å². The Bertz CT molecular complexity index is 476. The fourth-order valence-corrected chi connectivity index (χ4v) is 1.96. The molecule has 18 heavy (non-hydrogen) atoms. The Labute approximate surface area is 107 Å². The average molecular weight is 245 g/mol. The van der Waals surface area contributed by atoms with Gasteiger partial charge in [-0.05, 0) is 24.1 Å². The number of benzene rings is 1. The molecule has 4 nitrogen and oxygen atoms in total. The minimum absolute atomic E-state index is 0.645. The molecule has 1 aromatic heterocycles. The van der Waals surface area contributed by atoms with Crippen molar-refractivity contribution in [1.82, 2.24) is 9.55 Å². The van der Waals surface area contributed by atoms with Crippen LogP contribution in [0.5, 0.6) is 5.75 Å². The van der Waals surface area contributed by atoms with Crippen molar-refractivity contribution in [3.63, 3.8) is 0 Å². The zero-order chi connectivity index (χ0) is 12.8. The number of hydrogen-bond acceptors (Lipinski definition) is 3. The van der Waals surface area contributed by atoms with Gasteiger partial charge >= 0.3 is 0 Å². The Morgan fingerprint density at radius 1 is 1.22 bits per heavy atom. The van der Waals surface area contributed by atoms with E-state index in [9.17, 15) is 0 Å². The molecule has 2 N–H and O–H groups in total. The number of nitrogens with two attached hydrogens (primary N) is 1. The van der Waals surface area contributed by atoms with Crippen LogP contribution in [0, 0.1) is 0 Å². The minimum Gasteiger partial charge on any atom is -0.497 e. The molecule has 0 saturated carbocycles. The van der Waals surface area contributed by atoms with Crippen molar-refractivity contribution in [2.24, 2.45) is 5.73 Å². The van der Waals surface area contributed by atoms with Crippen molar-refractivity contribution in [1.29, 1.82) is 0 Å². The van der Waals surface area contributed by atoms with Gasteiger partial charge in [-0.1, -0.05) is 12.1 Å². The Hall–Kier alpha value is -1.81. The summed E-state index contributed by atoms with van der Waals surface area (Å²) in [5.74, 6) is 1.99. The van der Waals surface area contributed by atoms with E-state index in [-0.39, 0.29) is 0 Å². The van der Waals surface area contributed by atoms with Crippen LogP contribution >= 0.6 is 0 Å². The summed E-state index contributed by atoms with van der Waals surface area (Å²) < 4.78 is 7.25. The van der Waals surface area contributed by atoms with Gasteiger partial charge in [0.1, 0.15) is 11.6 Å². The van der Waals surface area contributed by atoms with E-state index in [4.69, 9.17) is 10.5 Å². The average Bonchev–Trinajstić information content (AvgIpc) is 2.85. The summed E-state index contributed by atoms with van der Waals surface area (Å²) in [7, 11) is 1.68. The molecule has 0 atom stereocenters. The van der Waals surface area contributed by atoms with E-state index in [1.54, 1.807) is 7.11 Å². The van der Waals surface area contributed by atoms with Gasteiger partial charge < -0.3 is 15.0 Å². The molecule has 0 spiro atoms. The van der Waals surface area contributed by atoms with E-state index in [0.29, 0.717) is 6.54 Å². The van der Waals surface area contributed by atoms with Crippen LogP contribution < -0.4 is 10.5 Å². The summed E-state index contributed by atoms with van der Waals surface area (Å²) in [6.07, 6.45) is 5.72. The first-order chi connectivity index (χ1) is 8.83. The van der Waals surface area contributed by atoms with Gasteiger partial charge in [0.15, 0.2) is 0 Å². The molecular weight excluding hydrogens is 226 g/mol. The van der Waals surface area contributed by atoms with Crippen molar-refractivity contribution < 1.29 is 4.74 Å². The normalized spacial score (nSPS) is 10.6. The molecule has 0 aliphatic rings. The maximum atomic E-state index is 5.57. The molecule has 4 heteroatoms. The second kappa shape index (κ2) is 6.21. The van der Waals surface area contributed by atoms with E-state index >= 15 is 0 Å². The molecule has 0 fully saturated rings. The first-order valence-electron chi connectivity index (χ1n) is 6.16. The van der Waals surface area contributed by atoms with Gasteiger partial charge in [0, 0.05) is 31.9 Å². The topological polar surface area (TPSA) is 53.1 Å². The first-order valence-corrected chi connectivity index (χ1v) is 6.16. The summed E-state index contributed by atoms with van der Waals surface area (Å²) in [6, 6.07) is 8.16. The number of ether oxygens (including phenoxy) is 1. The number of aryl methyl sites for hydroxylation is 2. The third-order valence-corrected chi connectivity index (χ3v) is 2.97. The highest BCUT2D eigenvalue weighted by Gasteiger charge is 2.02. The van der Waals surface area contributed by atoms with E-state index < -0.39 is 0 Å². The summed E-state index contributed by atoms with van der Waals surface area (Å²) in [4.78, 5) is 4.37. The molecule has 0 radical (unpaired) electrons. The molecule has 2 aromatic rings. The summed E-state index contributed by atoms with van der Waals surface area (Å²) >= 11 is 0. The van der Waals surface area contributed by atoms with Crippen LogP contribution in [-0.4, -0.2) is 23.2 Å². The molecule has 0 saturated heterocycles. The Balaban J connectivity index is 1.95. The van der Waals surface area contributed by atoms with Crippen LogP contribution in [0.1, 0.15) is 11.4 Å². The van der Waals surface area contributed by atoms with E-state index in [0.717, 1.165) is 31.0 Å². The monoisotopic (exact) mass is 245 g/mol. The quantitative estimate of drug-likeness (QED) is 0.841. The Kier molecular flexibility index (Phi) is 4.36. The van der Waals surface area contributed by atoms with Crippen molar-refractivity contribution in [2.75, 3.05) is 13.7 Å². The predicted molar refractivity (Wildman–Crippen MR) is 71.7 cm³/mol. The van der Waals surface area contributed by atoms with Crippen molar-refractivity contribution in [3.8, 4) is 5.75 Å². The van der Waals surface area contributed by atoms with Crippen molar-refractivity contribution in [3.05, 3.63) is 48.0 Å². The summed E-state index contributed by atoms with van der Waals surface area (Å²) in [5.41, 5.74) is 6.86. The highest BCUT2D eigenvalue weighted by molar-refractivity contribution is 5.27. The molecule has 0 bridgehead atoms. The molecule has 2 rings (SSSR count). The lowest BCUT2D eigenvalue weighted by molar-refractivity contribution is 0.414. The third kappa shape index (κ3) is 3.11. The number of methoxy groups -OCH3 is 1. The van der Waals surface area contributed by atoms with Gasteiger partial charge in [0.25, 0.3) is 0 Å². The van der Waals surface area contributed by atoms with Crippen molar-refractivity contribution >= 4 is 0 Å². The molecule has 0 unspecified atom stereocenters. The second-order valence-corrected chi connectivity index (χ2v) is 4.17. The predicted octanol–water partition coefficient (Wildman–Crippen LogP) is 1.64. The lowest BCUT2D eigenvalue weighted by Crippen LogP contribution is -2.12. The van der Waals surface area contributed by atoms with Crippen LogP contribution in [-0.2, 0) is 19.4 Å². The third-order valence-electron chi connectivity index (χ3n) is 2.97. The number of hydrogen-bond donors (Lipinski definition) is 1. The maximum absolute atomic E-state index is 5.57. The van der Waals surface area contributed by atoms with Crippen LogP contribution in [0.4, 0.5) is 0 Å². The number of imidazole rings is 1. The van der Waals surface area contributed by atoms with E-state index in [2.05, 4.69) is 21.7 Å². The first kappa shape index (κ1) is 12.6. The lowest BCUT2D eigenvalue weighted by atomic mass is 10.1. The standard InChI is InChI=1S/C14H19N3O/c1-18-13-5-2-12(3-6-13)4-7-14-16-9-11-17(14)10-8-15/h2-3,5-6,9,11H,4,7-8,10,15H2,1H3. The van der Waals surface area contributed by atoms with Crippen LogP contribution in [0.3, 0.4) is 0 Å². The maximum Gasteiger partial charge on any atom is 0.118 e. The fraction of sp³-hybridized carbons (Fsp3) is 0.357. The fourth-order valence-electron chi connectivity index (χ4n) is 1.96. The smallest absolute Gasteiger partial charge is 0.118 e. The molecule has 0 amide bonds. The molecule has 96 valence electrons. The van der Waals surface area contributed by atoms with Crippen LogP contribution in [0.25, 0.3) is 0 Å². The Morgan fingerprint density at radius 2 is 2.00 bits per heavy atom. The number of rotatable bonds is 6. The molecule has 1 heterocycles. The lowest BCUT2D eigenvalue weighted by Gasteiger charge is -2.06. The van der Waals surface area contributed by atoms with Gasteiger partial charge in [-0.15, -0.1) is 0 Å². The van der Waals surface area contributed by atoms with Gasteiger partial charge in [-0.25, -0.2) is 4.98 Å². The van der Waals surface area contributed by atoms with Crippen LogP contribution in [0.15, 0.2) is 36.7 Å². The minimum atomic E-state index is 0.645. The Morgan fingerprint density at radius 3 is 2.67 bits per heavy atom. The van der Waals surface area contributed by atoms with E-state index in [1.807, 2.05) is 24.5 Å². The van der Waals surface area contributed by atoms with Gasteiger partial charge in [-0.3, -0.25) is 0 Å². The van der Waals surface area contributed by atoms with E-state index in [1.165, 1.54) is 5.56 Å². The zero-order valence-electron chi connectivity index (χ0n) is 10.7. The molecular formula is C14H19N3O. The number of aromatic nitrogens is 2. The van der Waals surface area contributed by atoms with Gasteiger partial charge in [-0.2, -0.15) is 0 Å². The largest absolute Gasteiger partial charge is 0.497 e. The van der Waals surface area contributed by atoms with Gasteiger partial charge in [0.2, 0.25) is 0 Å². The molecule has 1 aromatic carbocycles. The molecule has 0 aliphatic heterocycles.